The molecule has 0 unspecified atom stereocenters. The summed E-state index contributed by atoms with van der Waals surface area (Å²) in [6, 6.07) is 11.0. The molecule has 0 amide bonds. The van der Waals surface area contributed by atoms with Gasteiger partial charge in [0.25, 0.3) is 11.1 Å². The van der Waals surface area contributed by atoms with Crippen LogP contribution in [0.5, 0.6) is 11.5 Å². The van der Waals surface area contributed by atoms with Crippen LogP contribution in [0.3, 0.4) is 0 Å². The molecule has 0 bridgehead atoms. The van der Waals surface area contributed by atoms with Gasteiger partial charge in [0.05, 0.1) is 28.4 Å². The van der Waals surface area contributed by atoms with Crippen molar-refractivity contribution in [3.05, 3.63) is 75.1 Å². The van der Waals surface area contributed by atoms with E-state index in [0.29, 0.717) is 53.9 Å². The second kappa shape index (κ2) is 7.91. The van der Waals surface area contributed by atoms with Gasteiger partial charge in [-0.25, -0.2) is 4.98 Å². The first-order valence-electron chi connectivity index (χ1n) is 10.6. The molecule has 1 aliphatic rings. The predicted octanol–water partition coefficient (Wildman–Crippen LogP) is 3.33. The summed E-state index contributed by atoms with van der Waals surface area (Å²) in [4.78, 5) is 30.6. The molecule has 0 N–H and O–H groups in total. The summed E-state index contributed by atoms with van der Waals surface area (Å²) in [5.74, 6) is 1.41. The largest absolute Gasteiger partial charge is 0.486 e. The zero-order valence-corrected chi connectivity index (χ0v) is 17.3. The lowest BCUT2D eigenvalue weighted by atomic mass is 10.1. The lowest BCUT2D eigenvalue weighted by Crippen LogP contribution is -2.22. The molecule has 0 saturated carbocycles. The molecular formula is C24H23N3O4. The van der Waals surface area contributed by atoms with Gasteiger partial charge in [0, 0.05) is 18.9 Å². The quantitative estimate of drug-likeness (QED) is 0.466. The Bertz CT molecular complexity index is 1400. The Kier molecular flexibility index (Phi) is 4.94. The van der Waals surface area contributed by atoms with E-state index < -0.39 is 0 Å². The van der Waals surface area contributed by atoms with E-state index in [-0.39, 0.29) is 11.1 Å². The van der Waals surface area contributed by atoms with E-state index >= 15 is 0 Å². The van der Waals surface area contributed by atoms with Crippen LogP contribution in [0, 0.1) is 0 Å². The van der Waals surface area contributed by atoms with Crippen molar-refractivity contribution in [2.24, 2.45) is 0 Å². The molecule has 4 aromatic rings. The highest BCUT2D eigenvalue weighted by Gasteiger charge is 2.13. The molecule has 0 spiro atoms. The molecule has 0 fully saturated rings. The minimum Gasteiger partial charge on any atom is -0.486 e. The van der Waals surface area contributed by atoms with Crippen LogP contribution in [-0.4, -0.2) is 27.3 Å². The van der Waals surface area contributed by atoms with Crippen LogP contribution in [0.1, 0.15) is 25.3 Å². The molecule has 0 aliphatic carbocycles. The molecule has 0 saturated heterocycles. The first kappa shape index (κ1) is 19.4. The van der Waals surface area contributed by atoms with E-state index in [1.165, 1.54) is 0 Å². The minimum atomic E-state index is -0.176. The van der Waals surface area contributed by atoms with Crippen molar-refractivity contribution in [2.75, 3.05) is 13.2 Å². The number of ether oxygens (including phenoxy) is 2. The Hall–Kier alpha value is -3.61. The highest BCUT2D eigenvalue weighted by Crippen LogP contribution is 2.30. The maximum atomic E-state index is 13.2. The average molecular weight is 417 g/mol. The predicted molar refractivity (Wildman–Crippen MR) is 119 cm³/mol. The number of aryl methyl sites for hydroxylation is 1. The number of nitrogens with zero attached hydrogens (tertiary/aromatic N) is 3. The number of fused-ring (bicyclic) bond motifs is 3. The number of aromatic nitrogens is 3. The number of pyridine rings is 3. The van der Waals surface area contributed by atoms with Gasteiger partial charge >= 0.3 is 0 Å². The number of hydrogen-bond donors (Lipinski definition) is 0. The zero-order valence-electron chi connectivity index (χ0n) is 17.3. The van der Waals surface area contributed by atoms with Crippen LogP contribution in [0.25, 0.3) is 21.8 Å². The Labute approximate surface area is 178 Å². The van der Waals surface area contributed by atoms with Crippen LogP contribution in [0.4, 0.5) is 0 Å². The fraction of sp³-hybridized carbons (Fsp3) is 0.292. The van der Waals surface area contributed by atoms with Gasteiger partial charge in [0.2, 0.25) is 0 Å². The standard InChI is InChI=1S/C24H23N3O4/c1-2-3-8-26-9-6-19-17(23(26)28)14-18-20(25-19)7-10-27(24(18)29)15-16-4-5-21-22(13-16)31-12-11-30-21/h4-7,9-10,13-14H,2-3,8,11-12,15H2,1H3. The van der Waals surface area contributed by atoms with Crippen LogP contribution in [0.2, 0.25) is 0 Å². The smallest absolute Gasteiger partial charge is 0.260 e. The Morgan fingerprint density at radius 3 is 2.29 bits per heavy atom. The van der Waals surface area contributed by atoms with Crippen LogP contribution in [0.15, 0.2) is 58.4 Å². The van der Waals surface area contributed by atoms with Gasteiger partial charge in [-0.2, -0.15) is 0 Å². The summed E-state index contributed by atoms with van der Waals surface area (Å²) in [7, 11) is 0. The Morgan fingerprint density at radius 2 is 1.55 bits per heavy atom. The molecule has 1 aromatic carbocycles. The number of unbranched alkanes of at least 4 members (excludes halogenated alkanes) is 1. The van der Waals surface area contributed by atoms with Crippen LogP contribution in [-0.2, 0) is 13.1 Å². The highest BCUT2D eigenvalue weighted by molar-refractivity contribution is 5.91. The molecule has 7 heteroatoms. The molecule has 158 valence electrons. The second-order valence-corrected chi connectivity index (χ2v) is 7.75. The van der Waals surface area contributed by atoms with E-state index in [9.17, 15) is 9.59 Å². The monoisotopic (exact) mass is 417 g/mol. The summed E-state index contributed by atoms with van der Waals surface area (Å²) in [5.41, 5.74) is 1.84. The molecule has 31 heavy (non-hydrogen) atoms. The third kappa shape index (κ3) is 3.56. The normalized spacial score (nSPS) is 13.1. The second-order valence-electron chi connectivity index (χ2n) is 7.75. The number of hydrogen-bond acceptors (Lipinski definition) is 5. The van der Waals surface area contributed by atoms with Crippen molar-refractivity contribution in [3.63, 3.8) is 0 Å². The average Bonchev–Trinajstić information content (AvgIpc) is 2.80. The molecule has 3 aromatic heterocycles. The maximum Gasteiger partial charge on any atom is 0.260 e. The molecule has 4 heterocycles. The van der Waals surface area contributed by atoms with Gasteiger partial charge in [-0.3, -0.25) is 9.59 Å². The molecular weight excluding hydrogens is 394 g/mol. The summed E-state index contributed by atoms with van der Waals surface area (Å²) >= 11 is 0. The topological polar surface area (TPSA) is 75.3 Å². The van der Waals surface area contributed by atoms with Crippen molar-refractivity contribution in [3.8, 4) is 11.5 Å². The Morgan fingerprint density at radius 1 is 0.871 bits per heavy atom. The van der Waals surface area contributed by atoms with Gasteiger partial charge in [0.1, 0.15) is 13.2 Å². The zero-order chi connectivity index (χ0) is 21.4. The minimum absolute atomic E-state index is 0.109. The van der Waals surface area contributed by atoms with Gasteiger partial charge in [-0.05, 0) is 42.3 Å². The molecule has 1 aliphatic heterocycles. The Balaban J connectivity index is 1.56. The van der Waals surface area contributed by atoms with Gasteiger partial charge in [-0.1, -0.05) is 19.4 Å². The van der Waals surface area contributed by atoms with Gasteiger partial charge < -0.3 is 18.6 Å². The summed E-state index contributed by atoms with van der Waals surface area (Å²) in [6.45, 7) is 4.19. The summed E-state index contributed by atoms with van der Waals surface area (Å²) in [5, 5.41) is 0.915. The fourth-order valence-corrected chi connectivity index (χ4v) is 3.92. The molecule has 0 radical (unpaired) electrons. The molecule has 0 atom stereocenters. The van der Waals surface area contributed by atoms with E-state index in [4.69, 9.17) is 9.47 Å². The van der Waals surface area contributed by atoms with Gasteiger partial charge in [-0.15, -0.1) is 0 Å². The van der Waals surface area contributed by atoms with E-state index in [1.54, 1.807) is 27.6 Å². The van der Waals surface area contributed by atoms with E-state index in [1.807, 2.05) is 30.3 Å². The van der Waals surface area contributed by atoms with Crippen molar-refractivity contribution in [1.29, 1.82) is 0 Å². The SMILES string of the molecule is CCCCn1ccc2nc3ccn(Cc4ccc5c(c4)OCCO5)c(=O)c3cc2c1=O. The first-order valence-corrected chi connectivity index (χ1v) is 10.6. The fourth-order valence-electron chi connectivity index (χ4n) is 3.92. The van der Waals surface area contributed by atoms with Crippen LogP contribution < -0.4 is 20.6 Å². The van der Waals surface area contributed by atoms with Gasteiger partial charge in [0.15, 0.2) is 11.5 Å². The van der Waals surface area contributed by atoms with Crippen molar-refractivity contribution >= 4 is 21.8 Å². The first-order chi connectivity index (χ1) is 15.1. The lowest BCUT2D eigenvalue weighted by Gasteiger charge is -2.19. The summed E-state index contributed by atoms with van der Waals surface area (Å²) in [6.07, 6.45) is 5.45. The maximum absolute atomic E-state index is 13.2. The van der Waals surface area contributed by atoms with Crippen molar-refractivity contribution < 1.29 is 9.47 Å². The third-order valence-corrected chi connectivity index (χ3v) is 5.60. The highest BCUT2D eigenvalue weighted by atomic mass is 16.6. The molecule has 5 rings (SSSR count). The van der Waals surface area contributed by atoms with E-state index in [0.717, 1.165) is 24.2 Å². The van der Waals surface area contributed by atoms with E-state index in [2.05, 4.69) is 11.9 Å². The number of rotatable bonds is 5. The van der Waals surface area contributed by atoms with Crippen LogP contribution >= 0.6 is 0 Å². The lowest BCUT2D eigenvalue weighted by molar-refractivity contribution is 0.171. The number of benzene rings is 1. The summed E-state index contributed by atoms with van der Waals surface area (Å²) < 4.78 is 14.5. The third-order valence-electron chi connectivity index (χ3n) is 5.60. The van der Waals surface area contributed by atoms with Crippen molar-refractivity contribution in [2.45, 2.75) is 32.9 Å². The molecule has 7 nitrogen and oxygen atoms in total. The van der Waals surface area contributed by atoms with Crippen molar-refractivity contribution in [1.82, 2.24) is 14.1 Å².